The van der Waals surface area contributed by atoms with Crippen LogP contribution in [0.3, 0.4) is 0 Å². The average Bonchev–Trinajstić information content (AvgIpc) is 2.83. The van der Waals surface area contributed by atoms with Gasteiger partial charge in [0.25, 0.3) is 0 Å². The van der Waals surface area contributed by atoms with E-state index in [4.69, 9.17) is 9.84 Å². The molecule has 0 aliphatic carbocycles. The van der Waals surface area contributed by atoms with Gasteiger partial charge in [0, 0.05) is 5.69 Å². The highest BCUT2D eigenvalue weighted by Crippen LogP contribution is 2.14. The fraction of sp³-hybridized carbons (Fsp3) is 0.273. The number of ether oxygens (including phenoxy) is 1. The number of hydrogen-bond donors (Lipinski definition) is 2. The minimum absolute atomic E-state index is 0.0440. The van der Waals surface area contributed by atoms with Crippen molar-refractivity contribution in [1.29, 1.82) is 0 Å². The molecule has 0 saturated heterocycles. The van der Waals surface area contributed by atoms with Gasteiger partial charge in [0.2, 0.25) is 0 Å². The first-order chi connectivity index (χ1) is 9.20. The van der Waals surface area contributed by atoms with E-state index < -0.39 is 6.09 Å². The number of nitrogens with zero attached hydrogens (tertiary/aromatic N) is 4. The van der Waals surface area contributed by atoms with Crippen molar-refractivity contribution in [2.75, 3.05) is 18.5 Å². The molecule has 0 radical (unpaired) electrons. The van der Waals surface area contributed by atoms with Crippen molar-refractivity contribution in [3.63, 3.8) is 0 Å². The number of rotatable bonds is 4. The zero-order valence-corrected chi connectivity index (χ0v) is 10.3. The van der Waals surface area contributed by atoms with Gasteiger partial charge in [-0.2, -0.15) is 4.68 Å². The van der Waals surface area contributed by atoms with Gasteiger partial charge in [0.1, 0.15) is 6.61 Å². The number of aliphatic hydroxyl groups excluding tert-OH is 1. The van der Waals surface area contributed by atoms with Gasteiger partial charge < -0.3 is 9.84 Å². The second-order valence-corrected chi connectivity index (χ2v) is 3.67. The number of tetrazole rings is 1. The molecule has 100 valence electrons. The SMILES string of the molecule is Cc1nnnn1-c1cccc(NC(=O)OCCO)c1. The van der Waals surface area contributed by atoms with Crippen LogP contribution in [0.1, 0.15) is 5.82 Å². The predicted octanol–water partition coefficient (Wildman–Crippen LogP) is 0.512. The largest absolute Gasteiger partial charge is 0.447 e. The van der Waals surface area contributed by atoms with Gasteiger partial charge >= 0.3 is 6.09 Å². The third-order valence-corrected chi connectivity index (χ3v) is 2.29. The molecule has 0 atom stereocenters. The topological polar surface area (TPSA) is 102 Å². The Morgan fingerprint density at radius 3 is 3.05 bits per heavy atom. The van der Waals surface area contributed by atoms with Crippen molar-refractivity contribution in [2.24, 2.45) is 0 Å². The summed E-state index contributed by atoms with van der Waals surface area (Å²) in [5, 5.41) is 22.3. The van der Waals surface area contributed by atoms with Gasteiger partial charge in [-0.1, -0.05) is 6.07 Å². The number of amides is 1. The molecule has 8 nitrogen and oxygen atoms in total. The smallest absolute Gasteiger partial charge is 0.411 e. The van der Waals surface area contributed by atoms with Gasteiger partial charge in [0.15, 0.2) is 5.82 Å². The van der Waals surface area contributed by atoms with Gasteiger partial charge in [-0.05, 0) is 35.5 Å². The summed E-state index contributed by atoms with van der Waals surface area (Å²) >= 11 is 0. The molecular weight excluding hydrogens is 250 g/mol. The zero-order valence-electron chi connectivity index (χ0n) is 10.3. The molecule has 2 aromatic rings. The molecule has 0 saturated carbocycles. The van der Waals surface area contributed by atoms with Crippen molar-refractivity contribution < 1.29 is 14.6 Å². The number of hydrogen-bond acceptors (Lipinski definition) is 6. The second kappa shape index (κ2) is 5.91. The molecule has 2 N–H and O–H groups in total. The minimum Gasteiger partial charge on any atom is -0.447 e. The van der Waals surface area contributed by atoms with E-state index >= 15 is 0 Å². The molecule has 0 spiro atoms. The Bertz CT molecular complexity index is 569. The van der Waals surface area contributed by atoms with Gasteiger partial charge in [0.05, 0.1) is 12.3 Å². The van der Waals surface area contributed by atoms with Crippen LogP contribution >= 0.6 is 0 Å². The summed E-state index contributed by atoms with van der Waals surface area (Å²) in [6.45, 7) is 1.52. The summed E-state index contributed by atoms with van der Waals surface area (Å²) in [7, 11) is 0. The fourth-order valence-corrected chi connectivity index (χ4v) is 1.48. The standard InChI is InChI=1S/C11H13N5O3/c1-8-13-14-15-16(8)10-4-2-3-9(7-10)12-11(18)19-6-5-17/h2-4,7,17H,5-6H2,1H3,(H,12,18). The number of nitrogens with one attached hydrogen (secondary N) is 1. The summed E-state index contributed by atoms with van der Waals surface area (Å²) < 4.78 is 6.25. The quantitative estimate of drug-likeness (QED) is 0.833. The van der Waals surface area contributed by atoms with E-state index in [2.05, 4.69) is 20.8 Å². The lowest BCUT2D eigenvalue weighted by molar-refractivity contribution is 0.131. The molecule has 0 fully saturated rings. The molecule has 2 rings (SSSR count). The van der Waals surface area contributed by atoms with E-state index in [0.29, 0.717) is 11.5 Å². The maximum Gasteiger partial charge on any atom is 0.411 e. The van der Waals surface area contributed by atoms with Crippen LogP contribution in [0, 0.1) is 6.92 Å². The highest BCUT2D eigenvalue weighted by atomic mass is 16.6. The van der Waals surface area contributed by atoms with Crippen molar-refractivity contribution in [3.05, 3.63) is 30.1 Å². The van der Waals surface area contributed by atoms with Crippen molar-refractivity contribution in [2.45, 2.75) is 6.92 Å². The van der Waals surface area contributed by atoms with Crippen LogP contribution < -0.4 is 5.32 Å². The van der Waals surface area contributed by atoms with E-state index in [1.165, 1.54) is 0 Å². The third kappa shape index (κ3) is 3.26. The van der Waals surface area contributed by atoms with Crippen molar-refractivity contribution in [3.8, 4) is 5.69 Å². The summed E-state index contributed by atoms with van der Waals surface area (Å²) in [6.07, 6.45) is -0.625. The highest BCUT2D eigenvalue weighted by Gasteiger charge is 2.06. The first kappa shape index (κ1) is 13.0. The fourth-order valence-electron chi connectivity index (χ4n) is 1.48. The van der Waals surface area contributed by atoms with E-state index in [-0.39, 0.29) is 13.2 Å². The Hall–Kier alpha value is -2.48. The van der Waals surface area contributed by atoms with Crippen LogP contribution in [-0.2, 0) is 4.74 Å². The number of benzene rings is 1. The molecule has 8 heteroatoms. The Labute approximate surface area is 109 Å². The third-order valence-electron chi connectivity index (χ3n) is 2.29. The van der Waals surface area contributed by atoms with Crippen LogP contribution in [0.15, 0.2) is 24.3 Å². The molecule has 0 aliphatic rings. The van der Waals surface area contributed by atoms with E-state index in [1.54, 1.807) is 29.8 Å². The molecule has 1 amide bonds. The maximum atomic E-state index is 11.3. The molecule has 0 unspecified atom stereocenters. The van der Waals surface area contributed by atoms with Crippen molar-refractivity contribution >= 4 is 11.8 Å². The Kier molecular flexibility index (Phi) is 4.04. The van der Waals surface area contributed by atoms with Gasteiger partial charge in [-0.15, -0.1) is 5.10 Å². The van der Waals surface area contributed by atoms with Crippen LogP contribution in [-0.4, -0.2) is 44.6 Å². The number of carbonyl (C=O) groups is 1. The summed E-state index contributed by atoms with van der Waals surface area (Å²) in [6, 6.07) is 7.00. The number of aliphatic hydroxyl groups is 1. The highest BCUT2D eigenvalue weighted by molar-refractivity contribution is 5.84. The summed E-state index contributed by atoms with van der Waals surface area (Å²) in [4.78, 5) is 11.3. The normalized spacial score (nSPS) is 10.2. The Morgan fingerprint density at radius 1 is 1.53 bits per heavy atom. The predicted molar refractivity (Wildman–Crippen MR) is 65.9 cm³/mol. The molecule has 0 aliphatic heterocycles. The molecule has 1 heterocycles. The lowest BCUT2D eigenvalue weighted by atomic mass is 10.3. The average molecular weight is 263 g/mol. The van der Waals surface area contributed by atoms with Crippen LogP contribution in [0.4, 0.5) is 10.5 Å². The minimum atomic E-state index is -0.625. The molecule has 1 aromatic carbocycles. The molecule has 19 heavy (non-hydrogen) atoms. The first-order valence-corrected chi connectivity index (χ1v) is 5.61. The van der Waals surface area contributed by atoms with Crippen LogP contribution in [0.5, 0.6) is 0 Å². The van der Waals surface area contributed by atoms with E-state index in [0.717, 1.165) is 5.69 Å². The van der Waals surface area contributed by atoms with E-state index in [9.17, 15) is 4.79 Å². The molecule has 1 aromatic heterocycles. The van der Waals surface area contributed by atoms with Crippen LogP contribution in [0.25, 0.3) is 5.69 Å². The summed E-state index contributed by atoms with van der Waals surface area (Å²) in [5.41, 5.74) is 1.28. The molecular formula is C11H13N5O3. The van der Waals surface area contributed by atoms with Gasteiger partial charge in [-0.3, -0.25) is 5.32 Å². The second-order valence-electron chi connectivity index (χ2n) is 3.67. The number of carbonyl (C=O) groups excluding carboxylic acids is 1. The molecule has 0 bridgehead atoms. The first-order valence-electron chi connectivity index (χ1n) is 5.61. The Balaban J connectivity index is 2.12. The number of aryl methyl sites for hydroxylation is 1. The van der Waals surface area contributed by atoms with Crippen LogP contribution in [0.2, 0.25) is 0 Å². The van der Waals surface area contributed by atoms with E-state index in [1.807, 2.05) is 6.07 Å². The Morgan fingerprint density at radius 2 is 2.37 bits per heavy atom. The summed E-state index contributed by atoms with van der Waals surface area (Å²) in [5.74, 6) is 0.639. The number of aromatic nitrogens is 4. The number of anilines is 1. The maximum absolute atomic E-state index is 11.3. The lowest BCUT2D eigenvalue weighted by Crippen LogP contribution is -2.16. The van der Waals surface area contributed by atoms with Crippen molar-refractivity contribution in [1.82, 2.24) is 20.2 Å². The van der Waals surface area contributed by atoms with Gasteiger partial charge in [-0.25, -0.2) is 4.79 Å². The zero-order chi connectivity index (χ0) is 13.7. The monoisotopic (exact) mass is 263 g/mol. The lowest BCUT2D eigenvalue weighted by Gasteiger charge is -2.07.